The minimum atomic E-state index is 0.172. The molecular formula is C12H24N2O. The van der Waals surface area contributed by atoms with Crippen LogP contribution in [0.5, 0.6) is 0 Å². The number of nitrogens with one attached hydrogen (secondary N) is 1. The van der Waals surface area contributed by atoms with E-state index in [0.717, 1.165) is 25.7 Å². The van der Waals surface area contributed by atoms with Crippen LogP contribution in [0.25, 0.3) is 0 Å². The minimum Gasteiger partial charge on any atom is -0.374 e. The molecule has 0 aromatic rings. The lowest BCUT2D eigenvalue weighted by Crippen LogP contribution is -2.49. The summed E-state index contributed by atoms with van der Waals surface area (Å²) >= 11 is 0. The molecule has 1 spiro atoms. The van der Waals surface area contributed by atoms with Gasteiger partial charge in [0.25, 0.3) is 0 Å². The van der Waals surface area contributed by atoms with Crippen molar-refractivity contribution in [1.82, 2.24) is 10.2 Å². The van der Waals surface area contributed by atoms with Gasteiger partial charge in [-0.1, -0.05) is 13.8 Å². The summed E-state index contributed by atoms with van der Waals surface area (Å²) in [7, 11) is 0. The fourth-order valence-corrected chi connectivity index (χ4v) is 3.07. The second kappa shape index (κ2) is 4.81. The Morgan fingerprint density at radius 2 is 2.20 bits per heavy atom. The van der Waals surface area contributed by atoms with Gasteiger partial charge in [0, 0.05) is 19.2 Å². The van der Waals surface area contributed by atoms with Gasteiger partial charge < -0.3 is 15.0 Å². The lowest BCUT2D eigenvalue weighted by molar-refractivity contribution is -0.0923. The average molecular weight is 212 g/mol. The average Bonchev–Trinajstić information content (AvgIpc) is 2.68. The summed E-state index contributed by atoms with van der Waals surface area (Å²) in [6.45, 7) is 10.0. The van der Waals surface area contributed by atoms with Gasteiger partial charge in [-0.15, -0.1) is 0 Å². The molecular weight excluding hydrogens is 188 g/mol. The van der Waals surface area contributed by atoms with Crippen LogP contribution in [0.3, 0.4) is 0 Å². The van der Waals surface area contributed by atoms with Crippen molar-refractivity contribution in [1.29, 1.82) is 0 Å². The highest BCUT2D eigenvalue weighted by Crippen LogP contribution is 2.32. The van der Waals surface area contributed by atoms with Crippen molar-refractivity contribution in [3.05, 3.63) is 0 Å². The third-order valence-corrected chi connectivity index (χ3v) is 4.00. The topological polar surface area (TPSA) is 24.5 Å². The monoisotopic (exact) mass is 212 g/mol. The van der Waals surface area contributed by atoms with Gasteiger partial charge in [-0.25, -0.2) is 0 Å². The van der Waals surface area contributed by atoms with Crippen LogP contribution in [-0.2, 0) is 4.74 Å². The molecule has 2 rings (SSSR count). The molecule has 0 unspecified atom stereocenters. The molecule has 3 heteroatoms. The van der Waals surface area contributed by atoms with Crippen LogP contribution in [-0.4, -0.2) is 49.3 Å². The van der Waals surface area contributed by atoms with Gasteiger partial charge in [0.15, 0.2) is 0 Å². The van der Waals surface area contributed by atoms with Crippen molar-refractivity contribution in [2.24, 2.45) is 0 Å². The molecule has 2 heterocycles. The van der Waals surface area contributed by atoms with Gasteiger partial charge in [0.05, 0.1) is 5.60 Å². The molecule has 0 saturated carbocycles. The molecule has 0 aromatic carbocycles. The smallest absolute Gasteiger partial charge is 0.0833 e. The Labute approximate surface area is 93.2 Å². The summed E-state index contributed by atoms with van der Waals surface area (Å²) < 4.78 is 6.01. The fraction of sp³-hybridized carbons (Fsp3) is 1.00. The van der Waals surface area contributed by atoms with Crippen molar-refractivity contribution < 1.29 is 4.74 Å². The predicted octanol–water partition coefficient (Wildman–Crippen LogP) is 1.24. The quantitative estimate of drug-likeness (QED) is 0.762. The molecule has 0 bridgehead atoms. The third kappa shape index (κ3) is 2.35. The first-order valence-electron chi connectivity index (χ1n) is 6.38. The molecule has 88 valence electrons. The number of hydrogen-bond acceptors (Lipinski definition) is 3. The van der Waals surface area contributed by atoms with E-state index in [-0.39, 0.29) is 5.60 Å². The van der Waals surface area contributed by atoms with Crippen molar-refractivity contribution in [3.63, 3.8) is 0 Å². The Morgan fingerprint density at radius 1 is 1.40 bits per heavy atom. The normalized spacial score (nSPS) is 36.6. The van der Waals surface area contributed by atoms with Gasteiger partial charge in [-0.05, 0) is 38.9 Å². The van der Waals surface area contributed by atoms with E-state index in [1.807, 2.05) is 0 Å². The summed E-state index contributed by atoms with van der Waals surface area (Å²) in [5.74, 6) is 0. The summed E-state index contributed by atoms with van der Waals surface area (Å²) in [5.41, 5.74) is 0.172. The second-order valence-corrected chi connectivity index (χ2v) is 4.83. The number of rotatable bonds is 3. The molecule has 2 aliphatic rings. The first-order valence-corrected chi connectivity index (χ1v) is 6.38. The predicted molar refractivity (Wildman–Crippen MR) is 62.1 cm³/mol. The summed E-state index contributed by atoms with van der Waals surface area (Å²) in [6, 6.07) is 0.744. The Morgan fingerprint density at radius 3 is 2.80 bits per heavy atom. The van der Waals surface area contributed by atoms with Crippen LogP contribution < -0.4 is 5.32 Å². The molecule has 2 atom stereocenters. The van der Waals surface area contributed by atoms with Crippen LogP contribution in [0.15, 0.2) is 0 Å². The Kier molecular flexibility index (Phi) is 3.65. The Bertz CT molecular complexity index is 198. The van der Waals surface area contributed by atoms with E-state index in [9.17, 15) is 0 Å². The Hall–Kier alpha value is -0.120. The SMILES string of the molecule is CCN(CC)[C@H]1CCO[C@]2(CCNC2)C1. The molecule has 3 nitrogen and oxygen atoms in total. The number of nitrogens with zero attached hydrogens (tertiary/aromatic N) is 1. The highest BCUT2D eigenvalue weighted by molar-refractivity contribution is 4.96. The van der Waals surface area contributed by atoms with Crippen molar-refractivity contribution >= 4 is 0 Å². The zero-order chi connectivity index (χ0) is 10.7. The van der Waals surface area contributed by atoms with Crippen molar-refractivity contribution in [3.8, 4) is 0 Å². The fourth-order valence-electron chi connectivity index (χ4n) is 3.07. The largest absolute Gasteiger partial charge is 0.374 e. The highest BCUT2D eigenvalue weighted by Gasteiger charge is 2.40. The zero-order valence-corrected chi connectivity index (χ0v) is 10.1. The molecule has 0 aromatic heterocycles. The van der Waals surface area contributed by atoms with Crippen LogP contribution >= 0.6 is 0 Å². The standard InChI is InChI=1S/C12H24N2O/c1-3-14(4-2)11-5-8-15-12(9-11)6-7-13-10-12/h11,13H,3-10H2,1-2H3/t11-,12+/m0/s1. The van der Waals surface area contributed by atoms with Crippen LogP contribution in [0.2, 0.25) is 0 Å². The third-order valence-electron chi connectivity index (χ3n) is 4.00. The van der Waals surface area contributed by atoms with Crippen LogP contribution in [0, 0.1) is 0 Å². The summed E-state index contributed by atoms with van der Waals surface area (Å²) in [4.78, 5) is 2.59. The lowest BCUT2D eigenvalue weighted by atomic mass is 9.89. The van der Waals surface area contributed by atoms with E-state index in [2.05, 4.69) is 24.1 Å². The molecule has 2 aliphatic heterocycles. The molecule has 2 saturated heterocycles. The van der Waals surface area contributed by atoms with E-state index < -0.39 is 0 Å². The van der Waals surface area contributed by atoms with Gasteiger partial charge in [-0.3, -0.25) is 0 Å². The lowest BCUT2D eigenvalue weighted by Gasteiger charge is -2.42. The molecule has 1 N–H and O–H groups in total. The van der Waals surface area contributed by atoms with Gasteiger partial charge >= 0.3 is 0 Å². The maximum absolute atomic E-state index is 6.01. The van der Waals surface area contributed by atoms with Crippen molar-refractivity contribution in [2.75, 3.05) is 32.8 Å². The summed E-state index contributed by atoms with van der Waals surface area (Å²) in [6.07, 6.45) is 3.63. The van der Waals surface area contributed by atoms with Gasteiger partial charge in [-0.2, -0.15) is 0 Å². The van der Waals surface area contributed by atoms with E-state index in [1.165, 1.54) is 32.4 Å². The molecule has 15 heavy (non-hydrogen) atoms. The first kappa shape index (κ1) is 11.4. The van der Waals surface area contributed by atoms with Crippen LogP contribution in [0.1, 0.15) is 33.1 Å². The highest BCUT2D eigenvalue weighted by atomic mass is 16.5. The molecule has 0 radical (unpaired) electrons. The molecule has 0 aliphatic carbocycles. The van der Waals surface area contributed by atoms with Crippen LogP contribution in [0.4, 0.5) is 0 Å². The number of hydrogen-bond donors (Lipinski definition) is 1. The first-order chi connectivity index (χ1) is 7.29. The minimum absolute atomic E-state index is 0.172. The number of ether oxygens (including phenoxy) is 1. The maximum atomic E-state index is 6.01. The van der Waals surface area contributed by atoms with Gasteiger partial charge in [0.1, 0.15) is 0 Å². The Balaban J connectivity index is 1.96. The maximum Gasteiger partial charge on any atom is 0.0833 e. The van der Waals surface area contributed by atoms with Gasteiger partial charge in [0.2, 0.25) is 0 Å². The second-order valence-electron chi connectivity index (χ2n) is 4.83. The van der Waals surface area contributed by atoms with E-state index in [1.54, 1.807) is 0 Å². The van der Waals surface area contributed by atoms with Crippen molar-refractivity contribution in [2.45, 2.75) is 44.8 Å². The summed E-state index contributed by atoms with van der Waals surface area (Å²) in [5, 5.41) is 3.43. The zero-order valence-electron chi connectivity index (χ0n) is 10.1. The molecule has 0 amide bonds. The van der Waals surface area contributed by atoms with E-state index in [0.29, 0.717) is 0 Å². The van der Waals surface area contributed by atoms with E-state index in [4.69, 9.17) is 4.74 Å². The van der Waals surface area contributed by atoms with E-state index >= 15 is 0 Å². The molecule has 2 fully saturated rings.